The van der Waals surface area contributed by atoms with Crippen LogP contribution in [0.15, 0.2) is 30.3 Å². The molecule has 0 bridgehead atoms. The fraction of sp³-hybridized carbons (Fsp3) is 0.588. The lowest BCUT2D eigenvalue weighted by Crippen LogP contribution is -2.42. The molecular weight excluding hydrogens is 264 g/mol. The van der Waals surface area contributed by atoms with Crippen LogP contribution in [0, 0.1) is 5.92 Å². The fourth-order valence-corrected chi connectivity index (χ4v) is 2.80. The van der Waals surface area contributed by atoms with Gasteiger partial charge >= 0.3 is 0 Å². The van der Waals surface area contributed by atoms with Crippen molar-refractivity contribution >= 4 is 5.91 Å². The molecule has 0 aliphatic carbocycles. The Morgan fingerprint density at radius 2 is 2.00 bits per heavy atom. The van der Waals surface area contributed by atoms with Crippen molar-refractivity contribution in [2.45, 2.75) is 32.3 Å². The Morgan fingerprint density at radius 3 is 2.62 bits per heavy atom. The van der Waals surface area contributed by atoms with Crippen molar-refractivity contribution in [2.75, 3.05) is 26.2 Å². The van der Waals surface area contributed by atoms with Crippen LogP contribution in [0.2, 0.25) is 0 Å². The molecule has 1 heterocycles. The summed E-state index contributed by atoms with van der Waals surface area (Å²) in [7, 11) is 0. The molecule has 0 saturated carbocycles. The van der Waals surface area contributed by atoms with Gasteiger partial charge in [0.1, 0.15) is 0 Å². The molecule has 1 aliphatic rings. The van der Waals surface area contributed by atoms with E-state index in [0.29, 0.717) is 6.54 Å². The van der Waals surface area contributed by atoms with Crippen molar-refractivity contribution in [3.05, 3.63) is 35.9 Å². The molecule has 1 atom stereocenters. The molecule has 2 rings (SSSR count). The largest absolute Gasteiger partial charge is 0.387 e. The average molecular weight is 290 g/mol. The Labute approximate surface area is 127 Å². The molecule has 0 aromatic heterocycles. The number of hydrogen-bond acceptors (Lipinski definition) is 3. The first-order chi connectivity index (χ1) is 10.2. The number of carbonyl (C=O) groups excluding carboxylic acids is 1. The number of benzene rings is 1. The summed E-state index contributed by atoms with van der Waals surface area (Å²) in [5.41, 5.74) is 0.959. The van der Waals surface area contributed by atoms with E-state index in [1.807, 2.05) is 30.3 Å². The van der Waals surface area contributed by atoms with Gasteiger partial charge in [-0.05, 0) is 37.9 Å². The van der Waals surface area contributed by atoms with Gasteiger partial charge in [-0.1, -0.05) is 37.3 Å². The number of nitrogens with zero attached hydrogens (tertiary/aromatic N) is 1. The average Bonchev–Trinajstić information content (AvgIpc) is 2.54. The molecule has 1 aromatic rings. The summed E-state index contributed by atoms with van der Waals surface area (Å²) in [5, 5.41) is 13.2. The van der Waals surface area contributed by atoms with Crippen molar-refractivity contribution in [3.8, 4) is 0 Å². The molecule has 1 fully saturated rings. The minimum absolute atomic E-state index is 0.140. The molecule has 2 N–H and O–H groups in total. The summed E-state index contributed by atoms with van der Waals surface area (Å²) in [4.78, 5) is 14.2. The van der Waals surface area contributed by atoms with Gasteiger partial charge in [0.15, 0.2) is 0 Å². The highest BCUT2D eigenvalue weighted by atomic mass is 16.3. The summed E-state index contributed by atoms with van der Waals surface area (Å²) in [6.45, 7) is 5.25. The van der Waals surface area contributed by atoms with Crippen LogP contribution in [0.3, 0.4) is 0 Å². The van der Waals surface area contributed by atoms with Crippen molar-refractivity contribution in [1.29, 1.82) is 0 Å². The third-order valence-electron chi connectivity index (χ3n) is 4.12. The number of rotatable bonds is 6. The predicted molar refractivity (Wildman–Crippen MR) is 83.9 cm³/mol. The summed E-state index contributed by atoms with van der Waals surface area (Å²) < 4.78 is 0. The number of aliphatic hydroxyl groups excluding tert-OH is 1. The van der Waals surface area contributed by atoms with Gasteiger partial charge in [0.25, 0.3) is 0 Å². The topological polar surface area (TPSA) is 52.6 Å². The van der Waals surface area contributed by atoms with Crippen molar-refractivity contribution in [2.24, 2.45) is 5.92 Å². The second-order valence-electron chi connectivity index (χ2n) is 5.79. The smallest absolute Gasteiger partial charge is 0.223 e. The van der Waals surface area contributed by atoms with Gasteiger partial charge in [0, 0.05) is 19.0 Å². The van der Waals surface area contributed by atoms with Crippen LogP contribution in [0.4, 0.5) is 0 Å². The number of likely N-dealkylation sites (tertiary alicyclic amines) is 1. The SMILES string of the molecule is CCCNC(=O)C1CCN(CC(O)c2ccccc2)CC1. The van der Waals surface area contributed by atoms with E-state index in [0.717, 1.165) is 44.5 Å². The van der Waals surface area contributed by atoms with E-state index in [1.54, 1.807) is 0 Å². The highest BCUT2D eigenvalue weighted by molar-refractivity contribution is 5.78. The molecule has 1 aromatic carbocycles. The van der Waals surface area contributed by atoms with E-state index in [4.69, 9.17) is 0 Å². The number of nitrogens with one attached hydrogen (secondary N) is 1. The van der Waals surface area contributed by atoms with Crippen LogP contribution in [0.1, 0.15) is 37.9 Å². The van der Waals surface area contributed by atoms with Crippen molar-refractivity contribution in [3.63, 3.8) is 0 Å². The normalized spacial score (nSPS) is 18.4. The van der Waals surface area contributed by atoms with E-state index < -0.39 is 6.10 Å². The number of amides is 1. The van der Waals surface area contributed by atoms with Gasteiger partial charge in [-0.25, -0.2) is 0 Å². The first kappa shape index (κ1) is 16.0. The highest BCUT2D eigenvalue weighted by Gasteiger charge is 2.25. The van der Waals surface area contributed by atoms with E-state index in [1.165, 1.54) is 0 Å². The maximum absolute atomic E-state index is 11.9. The van der Waals surface area contributed by atoms with Crippen molar-refractivity contribution in [1.82, 2.24) is 10.2 Å². The Morgan fingerprint density at radius 1 is 1.33 bits per heavy atom. The Hall–Kier alpha value is -1.39. The molecule has 0 radical (unpaired) electrons. The third kappa shape index (κ3) is 4.83. The van der Waals surface area contributed by atoms with E-state index in [9.17, 15) is 9.90 Å². The number of aliphatic hydroxyl groups is 1. The first-order valence-corrected chi connectivity index (χ1v) is 7.93. The Balaban J connectivity index is 1.75. The van der Waals surface area contributed by atoms with Gasteiger partial charge in [-0.2, -0.15) is 0 Å². The fourth-order valence-electron chi connectivity index (χ4n) is 2.80. The molecule has 4 nitrogen and oxygen atoms in total. The highest BCUT2D eigenvalue weighted by Crippen LogP contribution is 2.20. The lowest BCUT2D eigenvalue weighted by molar-refractivity contribution is -0.126. The first-order valence-electron chi connectivity index (χ1n) is 7.93. The zero-order valence-electron chi connectivity index (χ0n) is 12.8. The second-order valence-corrected chi connectivity index (χ2v) is 5.79. The summed E-state index contributed by atoms with van der Waals surface area (Å²) in [6.07, 6.45) is 2.30. The lowest BCUT2D eigenvalue weighted by Gasteiger charge is -2.32. The number of piperidine rings is 1. The minimum Gasteiger partial charge on any atom is -0.387 e. The lowest BCUT2D eigenvalue weighted by atomic mass is 9.95. The van der Waals surface area contributed by atoms with E-state index in [-0.39, 0.29) is 11.8 Å². The molecule has 1 aliphatic heterocycles. The Kier molecular flexibility index (Phi) is 6.21. The summed E-state index contributed by atoms with van der Waals surface area (Å²) in [6, 6.07) is 9.76. The predicted octanol–water partition coefficient (Wildman–Crippen LogP) is 1.96. The third-order valence-corrected chi connectivity index (χ3v) is 4.12. The Bertz CT molecular complexity index is 428. The maximum atomic E-state index is 11.9. The van der Waals surface area contributed by atoms with E-state index >= 15 is 0 Å². The number of carbonyl (C=O) groups is 1. The van der Waals surface area contributed by atoms with Gasteiger partial charge in [0.05, 0.1) is 6.10 Å². The molecular formula is C17H26N2O2. The molecule has 116 valence electrons. The zero-order valence-corrected chi connectivity index (χ0v) is 12.8. The molecule has 1 unspecified atom stereocenters. The standard InChI is InChI=1S/C17H26N2O2/c1-2-10-18-17(21)15-8-11-19(12-9-15)13-16(20)14-6-4-3-5-7-14/h3-7,15-16,20H,2,8-13H2,1H3,(H,18,21). The minimum atomic E-state index is -0.448. The summed E-state index contributed by atoms with van der Waals surface area (Å²) >= 11 is 0. The summed E-state index contributed by atoms with van der Waals surface area (Å²) in [5.74, 6) is 0.335. The number of hydrogen-bond donors (Lipinski definition) is 2. The molecule has 21 heavy (non-hydrogen) atoms. The van der Waals surface area contributed by atoms with Gasteiger partial charge in [0.2, 0.25) is 5.91 Å². The van der Waals surface area contributed by atoms with Gasteiger partial charge < -0.3 is 15.3 Å². The second kappa shape index (κ2) is 8.15. The van der Waals surface area contributed by atoms with Crippen LogP contribution in [0.25, 0.3) is 0 Å². The molecule has 1 amide bonds. The van der Waals surface area contributed by atoms with Gasteiger partial charge in [-0.3, -0.25) is 4.79 Å². The number of β-amino-alcohol motifs (C(OH)–C–C–N with tert-alkyl or cyclic N) is 1. The van der Waals surface area contributed by atoms with E-state index in [2.05, 4.69) is 17.1 Å². The van der Waals surface area contributed by atoms with Crippen LogP contribution in [-0.4, -0.2) is 42.1 Å². The molecule has 0 spiro atoms. The van der Waals surface area contributed by atoms with Crippen LogP contribution in [0.5, 0.6) is 0 Å². The van der Waals surface area contributed by atoms with Crippen LogP contribution < -0.4 is 5.32 Å². The van der Waals surface area contributed by atoms with Gasteiger partial charge in [-0.15, -0.1) is 0 Å². The zero-order chi connectivity index (χ0) is 15.1. The molecule has 1 saturated heterocycles. The quantitative estimate of drug-likeness (QED) is 0.842. The van der Waals surface area contributed by atoms with Crippen molar-refractivity contribution < 1.29 is 9.90 Å². The maximum Gasteiger partial charge on any atom is 0.223 e. The van der Waals surface area contributed by atoms with Crippen LogP contribution >= 0.6 is 0 Å². The van der Waals surface area contributed by atoms with Crippen LogP contribution in [-0.2, 0) is 4.79 Å². The monoisotopic (exact) mass is 290 g/mol. The molecule has 4 heteroatoms.